The number of hydrogen-bond acceptors (Lipinski definition) is 3. The summed E-state index contributed by atoms with van der Waals surface area (Å²) in [7, 11) is 0. The summed E-state index contributed by atoms with van der Waals surface area (Å²) in [6, 6.07) is 0. The fourth-order valence-electron chi connectivity index (χ4n) is 1.88. The summed E-state index contributed by atoms with van der Waals surface area (Å²) in [5.74, 6) is -0.0230. The van der Waals surface area contributed by atoms with E-state index < -0.39 is 5.60 Å². The summed E-state index contributed by atoms with van der Waals surface area (Å²) in [5.41, 5.74) is -0.482. The molecule has 0 aromatic rings. The van der Waals surface area contributed by atoms with Crippen molar-refractivity contribution in [1.82, 2.24) is 0 Å². The van der Waals surface area contributed by atoms with Crippen LogP contribution >= 0.6 is 0 Å². The number of carbonyl (C=O) groups excluding carboxylic acids is 1. The first-order chi connectivity index (χ1) is 9.24. The van der Waals surface area contributed by atoms with Crippen LogP contribution in [0.1, 0.15) is 53.9 Å². The van der Waals surface area contributed by atoms with Gasteiger partial charge in [-0.3, -0.25) is 4.79 Å². The molecule has 0 radical (unpaired) electrons. The second kappa shape index (κ2) is 8.38. The topological polar surface area (TPSA) is 35.5 Å². The lowest BCUT2D eigenvalue weighted by molar-refractivity contribution is -0.142. The van der Waals surface area contributed by atoms with Gasteiger partial charge in [-0.05, 0) is 45.6 Å². The summed E-state index contributed by atoms with van der Waals surface area (Å²) < 4.78 is 11.6. The van der Waals surface area contributed by atoms with E-state index in [2.05, 4.69) is 27.0 Å². The first kappa shape index (κ1) is 19.1. The molecule has 20 heavy (non-hydrogen) atoms. The quantitative estimate of drug-likeness (QED) is 0.423. The number of ether oxygens (including phenoxy) is 2. The number of ketones is 1. The molecule has 0 aliphatic rings. The highest BCUT2D eigenvalue weighted by molar-refractivity contribution is 6.00. The Labute approximate surface area is 124 Å². The second-order valence-electron chi connectivity index (χ2n) is 5.70. The minimum Gasteiger partial charge on any atom is -0.371 e. The van der Waals surface area contributed by atoms with Gasteiger partial charge in [-0.15, -0.1) is 6.58 Å². The maximum absolute atomic E-state index is 12.1. The molecule has 0 rings (SSSR count). The van der Waals surface area contributed by atoms with Crippen molar-refractivity contribution in [2.75, 3.05) is 13.2 Å². The lowest BCUT2D eigenvalue weighted by Crippen LogP contribution is -2.40. The molecule has 0 aromatic carbocycles. The third-order valence-corrected chi connectivity index (χ3v) is 3.89. The summed E-state index contributed by atoms with van der Waals surface area (Å²) in [6.07, 6.45) is 4.02. The van der Waals surface area contributed by atoms with Crippen LogP contribution < -0.4 is 0 Å². The molecule has 2 atom stereocenters. The zero-order valence-electron chi connectivity index (χ0n) is 13.8. The van der Waals surface area contributed by atoms with E-state index in [0.29, 0.717) is 25.2 Å². The Balaban J connectivity index is 4.54. The van der Waals surface area contributed by atoms with Gasteiger partial charge in [0, 0.05) is 0 Å². The van der Waals surface area contributed by atoms with Crippen molar-refractivity contribution in [3.05, 3.63) is 24.8 Å². The molecule has 1 unspecified atom stereocenters. The Morgan fingerprint density at radius 1 is 1.20 bits per heavy atom. The van der Waals surface area contributed by atoms with E-state index in [-0.39, 0.29) is 11.4 Å². The molecule has 0 bridgehead atoms. The van der Waals surface area contributed by atoms with Crippen molar-refractivity contribution in [1.29, 1.82) is 0 Å². The molecule has 3 heteroatoms. The Hall–Kier alpha value is -0.930. The highest BCUT2D eigenvalue weighted by Gasteiger charge is 2.33. The molecule has 3 nitrogen and oxygen atoms in total. The molecule has 0 aromatic heterocycles. The molecule has 0 spiro atoms. The predicted octanol–water partition coefficient (Wildman–Crippen LogP) is 4.08. The minimum absolute atomic E-state index is 0.0230. The van der Waals surface area contributed by atoms with E-state index in [4.69, 9.17) is 9.47 Å². The average molecular weight is 282 g/mol. The highest BCUT2D eigenvalue weighted by Crippen LogP contribution is 2.24. The summed E-state index contributed by atoms with van der Waals surface area (Å²) in [4.78, 5) is 12.1. The van der Waals surface area contributed by atoms with E-state index in [1.807, 2.05) is 13.8 Å². The van der Waals surface area contributed by atoms with Crippen LogP contribution in [0.5, 0.6) is 0 Å². The van der Waals surface area contributed by atoms with Gasteiger partial charge in [0.1, 0.15) is 5.60 Å². The number of carbonyl (C=O) groups is 1. The largest absolute Gasteiger partial charge is 0.371 e. The summed E-state index contributed by atoms with van der Waals surface area (Å²) >= 11 is 0. The zero-order valence-corrected chi connectivity index (χ0v) is 13.8. The second-order valence-corrected chi connectivity index (χ2v) is 5.70. The Morgan fingerprint density at radius 2 is 1.80 bits per heavy atom. The van der Waals surface area contributed by atoms with Gasteiger partial charge in [0.2, 0.25) is 0 Å². The molecular formula is C17H30O3. The summed E-state index contributed by atoms with van der Waals surface area (Å²) in [6.45, 7) is 18.1. The molecule has 0 fully saturated rings. The van der Waals surface area contributed by atoms with Crippen LogP contribution in [0.3, 0.4) is 0 Å². The van der Waals surface area contributed by atoms with Crippen molar-refractivity contribution in [2.45, 2.75) is 65.1 Å². The van der Waals surface area contributed by atoms with Crippen molar-refractivity contribution >= 4 is 5.78 Å². The fraction of sp³-hybridized carbons (Fsp3) is 0.706. The first-order valence-electron chi connectivity index (χ1n) is 7.33. The highest BCUT2D eigenvalue weighted by atomic mass is 16.5. The Morgan fingerprint density at radius 3 is 2.20 bits per heavy atom. The lowest BCUT2D eigenvalue weighted by Gasteiger charge is -2.32. The van der Waals surface area contributed by atoms with Crippen LogP contribution in [-0.4, -0.2) is 30.2 Å². The Kier molecular flexibility index (Phi) is 7.99. The van der Waals surface area contributed by atoms with Crippen LogP contribution in [0, 0.1) is 0 Å². The monoisotopic (exact) mass is 282 g/mol. The van der Waals surface area contributed by atoms with E-state index >= 15 is 0 Å². The maximum atomic E-state index is 12.1. The number of rotatable bonds is 11. The molecular weight excluding hydrogens is 252 g/mol. The Bertz CT molecular complexity index is 348. The normalized spacial score (nSPS) is 17.1. The molecule has 0 amide bonds. The van der Waals surface area contributed by atoms with Gasteiger partial charge < -0.3 is 9.47 Å². The third-order valence-electron chi connectivity index (χ3n) is 3.89. The standard InChI is InChI=1S/C17H30O3/c1-8-12-19-16(6,9-2)11-13-20-17(7,10-3)15(18)14(4)5/h8H,1,4,9-13H2,2-3,5-7H3/t16?,17-/m0/s1. The molecule has 0 aliphatic carbocycles. The van der Waals surface area contributed by atoms with E-state index in [0.717, 1.165) is 12.8 Å². The van der Waals surface area contributed by atoms with Gasteiger partial charge in [-0.1, -0.05) is 26.5 Å². The SMILES string of the molecule is C=CCOC(C)(CC)CCO[C@@](C)(CC)C(=O)C(=C)C. The van der Waals surface area contributed by atoms with Crippen molar-refractivity contribution in [3.8, 4) is 0 Å². The molecule has 0 saturated heterocycles. The smallest absolute Gasteiger partial charge is 0.189 e. The van der Waals surface area contributed by atoms with Gasteiger partial charge in [0.15, 0.2) is 5.78 Å². The van der Waals surface area contributed by atoms with Gasteiger partial charge in [-0.25, -0.2) is 0 Å². The van der Waals surface area contributed by atoms with Crippen LogP contribution in [0.2, 0.25) is 0 Å². The van der Waals surface area contributed by atoms with Crippen LogP contribution in [0.15, 0.2) is 24.8 Å². The van der Waals surface area contributed by atoms with Gasteiger partial charge in [-0.2, -0.15) is 0 Å². The predicted molar refractivity (Wildman–Crippen MR) is 83.9 cm³/mol. The average Bonchev–Trinajstić information content (AvgIpc) is 2.43. The molecule has 0 saturated carbocycles. The van der Waals surface area contributed by atoms with Crippen molar-refractivity contribution < 1.29 is 14.3 Å². The van der Waals surface area contributed by atoms with Crippen LogP contribution in [-0.2, 0) is 14.3 Å². The van der Waals surface area contributed by atoms with Gasteiger partial charge >= 0.3 is 0 Å². The van der Waals surface area contributed by atoms with E-state index in [9.17, 15) is 4.79 Å². The van der Waals surface area contributed by atoms with E-state index in [1.54, 1.807) is 13.0 Å². The third kappa shape index (κ3) is 5.59. The number of Topliss-reactive ketones (excluding diaryl/α,β-unsaturated/α-hetero) is 1. The van der Waals surface area contributed by atoms with Gasteiger partial charge in [0.05, 0.1) is 18.8 Å². The lowest BCUT2D eigenvalue weighted by atomic mass is 9.93. The summed E-state index contributed by atoms with van der Waals surface area (Å²) in [5, 5.41) is 0. The molecule has 0 aliphatic heterocycles. The molecule has 0 N–H and O–H groups in total. The first-order valence-corrected chi connectivity index (χ1v) is 7.33. The maximum Gasteiger partial charge on any atom is 0.189 e. The van der Waals surface area contributed by atoms with Crippen LogP contribution in [0.25, 0.3) is 0 Å². The van der Waals surface area contributed by atoms with Crippen LogP contribution in [0.4, 0.5) is 0 Å². The van der Waals surface area contributed by atoms with Crippen molar-refractivity contribution in [2.24, 2.45) is 0 Å². The molecule has 0 heterocycles. The number of hydrogen-bond donors (Lipinski definition) is 0. The van der Waals surface area contributed by atoms with E-state index in [1.165, 1.54) is 0 Å². The molecule has 116 valence electrons. The van der Waals surface area contributed by atoms with Crippen molar-refractivity contribution in [3.63, 3.8) is 0 Å². The van der Waals surface area contributed by atoms with Gasteiger partial charge in [0.25, 0.3) is 0 Å². The fourth-order valence-corrected chi connectivity index (χ4v) is 1.88. The minimum atomic E-state index is -0.779. The zero-order chi connectivity index (χ0) is 15.8.